The lowest BCUT2D eigenvalue weighted by Crippen LogP contribution is -2.37. The Morgan fingerprint density at radius 2 is 1.78 bits per heavy atom. The summed E-state index contributed by atoms with van der Waals surface area (Å²) in [5.74, 6) is 0.160. The lowest BCUT2D eigenvalue weighted by Gasteiger charge is -2.34. The van der Waals surface area contributed by atoms with E-state index in [4.69, 9.17) is 4.98 Å². The summed E-state index contributed by atoms with van der Waals surface area (Å²) in [6.07, 6.45) is 14.3. The summed E-state index contributed by atoms with van der Waals surface area (Å²) in [5.41, 5.74) is 12.0. The fraction of sp³-hybridized carbons (Fsp3) is 0.442. The van der Waals surface area contributed by atoms with Crippen LogP contribution in [0.5, 0.6) is 0 Å². The van der Waals surface area contributed by atoms with Gasteiger partial charge in [0.1, 0.15) is 5.65 Å². The summed E-state index contributed by atoms with van der Waals surface area (Å²) in [6.45, 7) is 17.3. The van der Waals surface area contributed by atoms with E-state index >= 15 is 0 Å². The number of fused-ring (bicyclic) bond motifs is 5. The Hall–Kier alpha value is -4.16. The standard InChI is InChI=1S/C43H52N4O2/c1-5-45-24-11-13-32(28-45)23-25-46-26-27-47-41(39(33-14-7-6-8-15-33)36-21-22-38(43(48)49)44-42(36)47)37-20-18-31(4)35(40(37)46)19-17-30(3)34-16-10-9-12-29(34)2/h9-10,12,16-22,32-33H,3,5-8,11,13-15,23-28H2,1-2,4H3,(H,48,49)/b19-17-. The molecule has 1 N–H and O–H groups in total. The molecule has 49 heavy (non-hydrogen) atoms. The predicted molar refractivity (Wildman–Crippen MR) is 204 cm³/mol. The van der Waals surface area contributed by atoms with E-state index in [0.29, 0.717) is 11.8 Å². The van der Waals surface area contributed by atoms with Crippen LogP contribution in [0.4, 0.5) is 5.69 Å². The second-order valence-electron chi connectivity index (χ2n) is 14.7. The fourth-order valence-electron chi connectivity index (χ4n) is 8.90. The van der Waals surface area contributed by atoms with Crippen molar-refractivity contribution in [1.82, 2.24) is 14.5 Å². The second kappa shape index (κ2) is 14.4. The average molecular weight is 657 g/mol. The summed E-state index contributed by atoms with van der Waals surface area (Å²) in [5, 5.41) is 11.1. The van der Waals surface area contributed by atoms with Crippen molar-refractivity contribution in [3.8, 4) is 11.3 Å². The highest BCUT2D eigenvalue weighted by molar-refractivity contribution is 5.98. The van der Waals surface area contributed by atoms with Gasteiger partial charge in [0.15, 0.2) is 5.69 Å². The summed E-state index contributed by atoms with van der Waals surface area (Å²) in [7, 11) is 0. The number of piperidine rings is 1. The molecule has 0 bridgehead atoms. The molecule has 0 spiro atoms. The Morgan fingerprint density at radius 3 is 2.55 bits per heavy atom. The number of aromatic carboxylic acids is 1. The van der Waals surface area contributed by atoms with Gasteiger partial charge in [0.25, 0.3) is 0 Å². The molecule has 1 atom stereocenters. The van der Waals surface area contributed by atoms with Crippen molar-refractivity contribution < 1.29 is 9.90 Å². The Morgan fingerprint density at radius 1 is 0.959 bits per heavy atom. The number of nitrogens with zero attached hydrogens (tertiary/aromatic N) is 4. The van der Waals surface area contributed by atoms with Crippen molar-refractivity contribution in [2.45, 2.75) is 84.6 Å². The molecule has 3 aliphatic rings. The third-order valence-electron chi connectivity index (χ3n) is 11.6. The minimum absolute atomic E-state index is 0.115. The van der Waals surface area contributed by atoms with Crippen LogP contribution in [-0.4, -0.2) is 58.3 Å². The molecule has 2 aromatic carbocycles. The van der Waals surface area contributed by atoms with E-state index in [0.717, 1.165) is 62.0 Å². The molecule has 6 heteroatoms. The number of allylic oxidation sites excluding steroid dienone is 2. The largest absolute Gasteiger partial charge is 0.477 e. The third kappa shape index (κ3) is 6.60. The van der Waals surface area contributed by atoms with E-state index in [1.165, 1.54) is 90.0 Å². The maximum absolute atomic E-state index is 12.2. The zero-order chi connectivity index (χ0) is 34.1. The van der Waals surface area contributed by atoms with Crippen LogP contribution in [0.2, 0.25) is 0 Å². The molecule has 1 unspecified atom stereocenters. The van der Waals surface area contributed by atoms with Gasteiger partial charge in [0.2, 0.25) is 0 Å². The summed E-state index contributed by atoms with van der Waals surface area (Å²) in [4.78, 5) is 22.2. The smallest absolute Gasteiger partial charge is 0.354 e. The molecule has 0 amide bonds. The highest BCUT2D eigenvalue weighted by Gasteiger charge is 2.33. The number of carbonyl (C=O) groups is 1. The quantitative estimate of drug-likeness (QED) is 0.182. The van der Waals surface area contributed by atoms with Crippen LogP contribution < -0.4 is 4.90 Å². The van der Waals surface area contributed by atoms with E-state index in [-0.39, 0.29) is 5.69 Å². The fourth-order valence-corrected chi connectivity index (χ4v) is 8.90. The van der Waals surface area contributed by atoms with Crippen LogP contribution in [0.15, 0.2) is 61.2 Å². The van der Waals surface area contributed by atoms with Gasteiger partial charge < -0.3 is 19.5 Å². The first-order valence-corrected chi connectivity index (χ1v) is 18.6. The SMILES string of the molecule is C=C(/C=C\c1c(C)ccc2c1N(CCC1CCCN(CC)C1)CCn1c-2c(C2CCCCC2)c2ccc(C(=O)O)nc21)c1ccccc1C. The number of hydrogen-bond acceptors (Lipinski definition) is 4. The Labute approximate surface area is 292 Å². The van der Waals surface area contributed by atoms with E-state index < -0.39 is 5.97 Å². The molecule has 1 saturated carbocycles. The summed E-state index contributed by atoms with van der Waals surface area (Å²) < 4.78 is 2.37. The molecule has 6 nitrogen and oxygen atoms in total. The van der Waals surface area contributed by atoms with Gasteiger partial charge in [-0.2, -0.15) is 0 Å². The minimum atomic E-state index is -0.974. The number of aromatic nitrogens is 2. The van der Waals surface area contributed by atoms with E-state index in [9.17, 15) is 9.90 Å². The number of carboxylic acid groups (broad SMARTS) is 1. The molecular weight excluding hydrogens is 604 g/mol. The number of likely N-dealkylation sites (tertiary alicyclic amines) is 1. The lowest BCUT2D eigenvalue weighted by atomic mass is 9.81. The van der Waals surface area contributed by atoms with E-state index in [2.05, 4.69) is 90.3 Å². The van der Waals surface area contributed by atoms with Crippen molar-refractivity contribution >= 4 is 34.3 Å². The topological polar surface area (TPSA) is 61.6 Å². The lowest BCUT2D eigenvalue weighted by molar-refractivity contribution is 0.0691. The first-order valence-electron chi connectivity index (χ1n) is 18.6. The average Bonchev–Trinajstić information content (AvgIpc) is 3.35. The second-order valence-corrected chi connectivity index (χ2v) is 14.7. The van der Waals surface area contributed by atoms with E-state index in [1.807, 2.05) is 6.07 Å². The van der Waals surface area contributed by atoms with Gasteiger partial charge in [-0.15, -0.1) is 0 Å². The number of aryl methyl sites for hydroxylation is 2. The van der Waals surface area contributed by atoms with Gasteiger partial charge in [0, 0.05) is 42.7 Å². The monoisotopic (exact) mass is 656 g/mol. The van der Waals surface area contributed by atoms with Crippen LogP contribution in [0.25, 0.3) is 33.9 Å². The van der Waals surface area contributed by atoms with Crippen LogP contribution in [0, 0.1) is 19.8 Å². The maximum Gasteiger partial charge on any atom is 0.354 e. The first kappa shape index (κ1) is 33.3. The molecule has 2 aliphatic heterocycles. The molecule has 0 radical (unpaired) electrons. The molecule has 4 aromatic rings. The first-order chi connectivity index (χ1) is 23.8. The van der Waals surface area contributed by atoms with Crippen molar-refractivity contribution in [1.29, 1.82) is 0 Å². The zero-order valence-electron chi connectivity index (χ0n) is 29.7. The summed E-state index contributed by atoms with van der Waals surface area (Å²) >= 11 is 0. The Kier molecular flexibility index (Phi) is 9.77. The number of benzene rings is 2. The van der Waals surface area contributed by atoms with Crippen molar-refractivity contribution in [3.63, 3.8) is 0 Å². The molecule has 1 saturated heterocycles. The van der Waals surface area contributed by atoms with Gasteiger partial charge in [-0.3, -0.25) is 0 Å². The molecule has 4 heterocycles. The zero-order valence-corrected chi connectivity index (χ0v) is 29.7. The molecule has 2 fully saturated rings. The highest BCUT2D eigenvalue weighted by Crippen LogP contribution is 2.48. The molecule has 1 aliphatic carbocycles. The molecule has 7 rings (SSSR count). The molecular formula is C43H52N4O2. The molecule has 2 aromatic heterocycles. The van der Waals surface area contributed by atoms with Crippen LogP contribution in [-0.2, 0) is 6.54 Å². The van der Waals surface area contributed by atoms with Crippen LogP contribution >= 0.6 is 0 Å². The van der Waals surface area contributed by atoms with Crippen LogP contribution in [0.1, 0.15) is 103 Å². The van der Waals surface area contributed by atoms with Crippen molar-refractivity contribution in [2.24, 2.45) is 5.92 Å². The number of rotatable bonds is 9. The summed E-state index contributed by atoms with van der Waals surface area (Å²) in [6, 6.07) is 16.8. The van der Waals surface area contributed by atoms with Gasteiger partial charge in [-0.25, -0.2) is 9.78 Å². The molecule has 256 valence electrons. The highest BCUT2D eigenvalue weighted by atomic mass is 16.4. The van der Waals surface area contributed by atoms with Gasteiger partial charge in [0.05, 0.1) is 11.4 Å². The minimum Gasteiger partial charge on any atom is -0.477 e. The van der Waals surface area contributed by atoms with Gasteiger partial charge in [-0.1, -0.05) is 81.3 Å². The maximum atomic E-state index is 12.2. The van der Waals surface area contributed by atoms with Crippen molar-refractivity contribution in [3.05, 3.63) is 94.7 Å². The van der Waals surface area contributed by atoms with Gasteiger partial charge >= 0.3 is 5.97 Å². The van der Waals surface area contributed by atoms with Crippen molar-refractivity contribution in [2.75, 3.05) is 37.6 Å². The van der Waals surface area contributed by atoms with Crippen LogP contribution in [0.3, 0.4) is 0 Å². The number of anilines is 1. The number of hydrogen-bond donors (Lipinski definition) is 1. The normalized spacial score (nSPS) is 18.8. The third-order valence-corrected chi connectivity index (χ3v) is 11.6. The predicted octanol–water partition coefficient (Wildman–Crippen LogP) is 9.73. The number of pyridine rings is 1. The van der Waals surface area contributed by atoms with E-state index in [1.54, 1.807) is 6.07 Å². The Bertz CT molecular complexity index is 1900. The Balaban J connectivity index is 1.39. The number of carboxylic acids is 1. The van der Waals surface area contributed by atoms with Gasteiger partial charge in [-0.05, 0) is 111 Å².